The lowest BCUT2D eigenvalue weighted by molar-refractivity contribution is 0.0502. The Morgan fingerprint density at radius 1 is 1.39 bits per heavy atom. The Labute approximate surface area is 139 Å². The molecule has 126 valence electrons. The minimum Gasteiger partial charge on any atom is -0.462 e. The number of fused-ring (bicyclic) bond motifs is 1. The molecule has 0 saturated heterocycles. The maximum Gasteiger partial charge on any atom is 0.339 e. The molecular weight excluding hydrogens is 314 g/mol. The molecule has 0 aliphatic carbocycles. The lowest BCUT2D eigenvalue weighted by atomic mass is 10.2. The van der Waals surface area contributed by atoms with Crippen LogP contribution in [0.15, 0.2) is 16.5 Å². The van der Waals surface area contributed by atoms with Gasteiger partial charge in [-0.25, -0.2) is 9.78 Å². The van der Waals surface area contributed by atoms with E-state index in [9.17, 15) is 9.59 Å². The first-order chi connectivity index (χ1) is 11.0. The molecule has 2 heterocycles. The average molecular weight is 337 g/mol. The van der Waals surface area contributed by atoms with Gasteiger partial charge in [0.1, 0.15) is 4.83 Å². The highest BCUT2D eigenvalue weighted by molar-refractivity contribution is 7.17. The zero-order valence-corrected chi connectivity index (χ0v) is 14.7. The molecule has 23 heavy (non-hydrogen) atoms. The van der Waals surface area contributed by atoms with E-state index >= 15 is 0 Å². The lowest BCUT2D eigenvalue weighted by Gasteiger charge is -2.10. The van der Waals surface area contributed by atoms with Crippen LogP contribution in [0.25, 0.3) is 10.2 Å². The molecule has 7 heteroatoms. The number of carbonyl (C=O) groups excluding carboxylic acids is 1. The Morgan fingerprint density at radius 3 is 2.87 bits per heavy atom. The number of aromatic nitrogens is 2. The number of hydrogen-bond donors (Lipinski definition) is 0. The maximum absolute atomic E-state index is 12.6. The summed E-state index contributed by atoms with van der Waals surface area (Å²) in [5, 5.41) is 2.04. The van der Waals surface area contributed by atoms with Gasteiger partial charge in [-0.1, -0.05) is 13.3 Å². The second kappa shape index (κ2) is 8.21. The van der Waals surface area contributed by atoms with E-state index in [0.29, 0.717) is 28.9 Å². The number of rotatable bonds is 8. The van der Waals surface area contributed by atoms with Gasteiger partial charge in [0.25, 0.3) is 5.56 Å². The van der Waals surface area contributed by atoms with Crippen molar-refractivity contribution in [3.63, 3.8) is 0 Å². The molecule has 0 fully saturated rings. The molecule has 0 aromatic carbocycles. The third-order valence-electron chi connectivity index (χ3n) is 3.52. The molecule has 6 nitrogen and oxygen atoms in total. The number of unbranched alkanes of at least 4 members (excludes halogenated alkanes) is 1. The Hall–Kier alpha value is -1.73. The van der Waals surface area contributed by atoms with Crippen molar-refractivity contribution in [2.45, 2.75) is 32.7 Å². The number of thiophene rings is 1. The standard InChI is InChI=1S/C16H23N3O3S/c1-4-5-9-22-16(21)12-10-23-14-13(12)15(20)19(11-17-14)8-6-7-18(2)3/h10-11H,4-9H2,1-3H3. The zero-order chi connectivity index (χ0) is 16.8. The molecular formula is C16H23N3O3S. The van der Waals surface area contributed by atoms with Gasteiger partial charge in [-0.05, 0) is 33.5 Å². The third kappa shape index (κ3) is 4.39. The monoisotopic (exact) mass is 337 g/mol. The first-order valence-corrected chi connectivity index (χ1v) is 8.71. The molecule has 2 aromatic heterocycles. The zero-order valence-electron chi connectivity index (χ0n) is 13.9. The van der Waals surface area contributed by atoms with Crippen LogP contribution < -0.4 is 5.56 Å². The van der Waals surface area contributed by atoms with E-state index < -0.39 is 5.97 Å². The Bertz CT molecular complexity index is 721. The summed E-state index contributed by atoms with van der Waals surface area (Å²) < 4.78 is 6.80. The molecule has 0 aliphatic heterocycles. The van der Waals surface area contributed by atoms with Crippen LogP contribution in [0.5, 0.6) is 0 Å². The molecule has 0 atom stereocenters. The molecule has 0 N–H and O–H groups in total. The largest absolute Gasteiger partial charge is 0.462 e. The smallest absolute Gasteiger partial charge is 0.339 e. The topological polar surface area (TPSA) is 64.4 Å². The lowest BCUT2D eigenvalue weighted by Crippen LogP contribution is -2.24. The summed E-state index contributed by atoms with van der Waals surface area (Å²) in [7, 11) is 3.99. The predicted molar refractivity (Wildman–Crippen MR) is 92.2 cm³/mol. The van der Waals surface area contributed by atoms with Crippen molar-refractivity contribution in [3.8, 4) is 0 Å². The summed E-state index contributed by atoms with van der Waals surface area (Å²) in [6.07, 6.45) is 4.18. The minimum atomic E-state index is -0.436. The molecule has 2 aromatic rings. The van der Waals surface area contributed by atoms with Gasteiger partial charge in [-0.3, -0.25) is 9.36 Å². The van der Waals surface area contributed by atoms with Crippen molar-refractivity contribution >= 4 is 27.5 Å². The molecule has 0 unspecified atom stereocenters. The highest BCUT2D eigenvalue weighted by Crippen LogP contribution is 2.21. The fraction of sp³-hybridized carbons (Fsp3) is 0.562. The fourth-order valence-corrected chi connectivity index (χ4v) is 3.09. The summed E-state index contributed by atoms with van der Waals surface area (Å²) in [5.41, 5.74) is 0.165. The number of nitrogens with zero attached hydrogens (tertiary/aromatic N) is 3. The van der Waals surface area contributed by atoms with E-state index in [1.54, 1.807) is 16.3 Å². The summed E-state index contributed by atoms with van der Waals surface area (Å²) in [6.45, 7) is 3.88. The second-order valence-electron chi connectivity index (χ2n) is 5.72. The van der Waals surface area contributed by atoms with Crippen molar-refractivity contribution < 1.29 is 9.53 Å². The average Bonchev–Trinajstić information content (AvgIpc) is 2.94. The number of esters is 1. The van der Waals surface area contributed by atoms with E-state index in [1.165, 1.54) is 11.3 Å². The van der Waals surface area contributed by atoms with Crippen molar-refractivity contribution in [1.82, 2.24) is 14.5 Å². The summed E-state index contributed by atoms with van der Waals surface area (Å²) in [4.78, 5) is 31.7. The van der Waals surface area contributed by atoms with Gasteiger partial charge < -0.3 is 9.64 Å². The van der Waals surface area contributed by atoms with Crippen molar-refractivity contribution in [2.24, 2.45) is 0 Å². The van der Waals surface area contributed by atoms with E-state index in [1.807, 2.05) is 21.0 Å². The van der Waals surface area contributed by atoms with Crippen LogP contribution in [0.1, 0.15) is 36.5 Å². The van der Waals surface area contributed by atoms with Crippen LogP contribution in [0.4, 0.5) is 0 Å². The fourth-order valence-electron chi connectivity index (χ4n) is 2.22. The van der Waals surface area contributed by atoms with Gasteiger partial charge in [-0.2, -0.15) is 0 Å². The predicted octanol–water partition coefficient (Wildman–Crippen LogP) is 2.37. The quantitative estimate of drug-likeness (QED) is 0.546. The van der Waals surface area contributed by atoms with Gasteiger partial charge in [0, 0.05) is 11.9 Å². The summed E-state index contributed by atoms with van der Waals surface area (Å²) in [5.74, 6) is -0.436. The second-order valence-corrected chi connectivity index (χ2v) is 6.58. The minimum absolute atomic E-state index is 0.169. The van der Waals surface area contributed by atoms with Crippen molar-refractivity contribution in [2.75, 3.05) is 27.2 Å². The first-order valence-electron chi connectivity index (χ1n) is 7.83. The van der Waals surface area contributed by atoms with Gasteiger partial charge in [0.2, 0.25) is 0 Å². The Morgan fingerprint density at radius 2 is 2.17 bits per heavy atom. The number of ether oxygens (including phenoxy) is 1. The van der Waals surface area contributed by atoms with Crippen LogP contribution in [0.3, 0.4) is 0 Å². The summed E-state index contributed by atoms with van der Waals surface area (Å²) in [6, 6.07) is 0. The molecule has 0 saturated carbocycles. The summed E-state index contributed by atoms with van der Waals surface area (Å²) >= 11 is 1.30. The number of aryl methyl sites for hydroxylation is 1. The Kier molecular flexibility index (Phi) is 6.29. The Balaban J connectivity index is 2.23. The molecule has 0 bridgehead atoms. The molecule has 0 amide bonds. The third-order valence-corrected chi connectivity index (χ3v) is 4.40. The number of hydrogen-bond acceptors (Lipinski definition) is 6. The van der Waals surface area contributed by atoms with E-state index in [2.05, 4.69) is 9.88 Å². The van der Waals surface area contributed by atoms with Crippen LogP contribution in [-0.4, -0.2) is 47.7 Å². The first kappa shape index (κ1) is 17.6. The SMILES string of the molecule is CCCCOC(=O)c1csc2ncn(CCCN(C)C)c(=O)c12. The number of carbonyl (C=O) groups is 1. The molecule has 0 spiro atoms. The van der Waals surface area contributed by atoms with Crippen molar-refractivity contribution in [3.05, 3.63) is 27.6 Å². The molecule has 2 rings (SSSR count). The molecule has 0 radical (unpaired) electrons. The van der Waals surface area contributed by atoms with Crippen LogP contribution in [0.2, 0.25) is 0 Å². The van der Waals surface area contributed by atoms with Crippen LogP contribution in [-0.2, 0) is 11.3 Å². The maximum atomic E-state index is 12.6. The van der Waals surface area contributed by atoms with E-state index in [-0.39, 0.29) is 5.56 Å². The van der Waals surface area contributed by atoms with Gasteiger partial charge in [0.15, 0.2) is 0 Å². The van der Waals surface area contributed by atoms with E-state index in [0.717, 1.165) is 25.8 Å². The van der Waals surface area contributed by atoms with Crippen molar-refractivity contribution in [1.29, 1.82) is 0 Å². The van der Waals surface area contributed by atoms with Gasteiger partial charge >= 0.3 is 5.97 Å². The normalized spacial score (nSPS) is 11.3. The van der Waals surface area contributed by atoms with Gasteiger partial charge in [-0.15, -0.1) is 11.3 Å². The van der Waals surface area contributed by atoms with E-state index in [4.69, 9.17) is 4.74 Å². The van der Waals surface area contributed by atoms with Gasteiger partial charge in [0.05, 0.1) is 23.9 Å². The highest BCUT2D eigenvalue weighted by Gasteiger charge is 2.18. The molecule has 0 aliphatic rings. The highest BCUT2D eigenvalue weighted by atomic mass is 32.1. The van der Waals surface area contributed by atoms with Crippen LogP contribution in [0, 0.1) is 0 Å². The van der Waals surface area contributed by atoms with Crippen LogP contribution >= 0.6 is 11.3 Å².